The van der Waals surface area contributed by atoms with Crippen LogP contribution in [0, 0.1) is 13.8 Å². The zero-order valence-electron chi connectivity index (χ0n) is 18.1. The number of aryl methyl sites for hydroxylation is 2. The second-order valence-electron chi connectivity index (χ2n) is 7.51. The number of ether oxygens (including phenoxy) is 2. The van der Waals surface area contributed by atoms with Gasteiger partial charge in [-0.2, -0.15) is 0 Å². The quantitative estimate of drug-likeness (QED) is 0.405. The Morgan fingerprint density at radius 1 is 1.06 bits per heavy atom. The summed E-state index contributed by atoms with van der Waals surface area (Å²) in [5, 5.41) is 4.80. The predicted octanol–water partition coefficient (Wildman–Crippen LogP) is 4.48. The number of oxazole rings is 1. The summed E-state index contributed by atoms with van der Waals surface area (Å²) in [6, 6.07) is 11.4. The van der Waals surface area contributed by atoms with Crippen LogP contribution in [0.1, 0.15) is 17.0 Å². The van der Waals surface area contributed by atoms with Crippen molar-refractivity contribution < 1.29 is 18.4 Å². The van der Waals surface area contributed by atoms with Crippen LogP contribution in [0.4, 0.5) is 0 Å². The molecule has 0 saturated carbocycles. The van der Waals surface area contributed by atoms with Crippen molar-refractivity contribution in [2.75, 3.05) is 14.2 Å². The van der Waals surface area contributed by atoms with Crippen molar-refractivity contribution in [1.82, 2.24) is 14.7 Å². The molecule has 0 bridgehead atoms. The lowest BCUT2D eigenvalue weighted by molar-refractivity contribution is 0.393. The molecule has 0 saturated heterocycles. The number of aromatic nitrogens is 3. The lowest BCUT2D eigenvalue weighted by Crippen LogP contribution is -2.15. The molecule has 0 fully saturated rings. The molecule has 0 N–H and O–H groups in total. The maximum absolute atomic E-state index is 12.8. The third kappa shape index (κ3) is 3.03. The third-order valence-corrected chi connectivity index (χ3v) is 5.64. The van der Waals surface area contributed by atoms with Gasteiger partial charge < -0.3 is 18.4 Å². The lowest BCUT2D eigenvalue weighted by atomic mass is 10.0. The van der Waals surface area contributed by atoms with E-state index in [1.54, 1.807) is 25.0 Å². The van der Waals surface area contributed by atoms with Crippen molar-refractivity contribution in [3.05, 3.63) is 70.2 Å². The summed E-state index contributed by atoms with van der Waals surface area (Å²) in [5.74, 6) is 1.55. The minimum absolute atomic E-state index is 0.295. The average Bonchev–Trinajstić information content (AvgIpc) is 3.31. The normalized spacial score (nSPS) is 11.4. The van der Waals surface area contributed by atoms with E-state index < -0.39 is 5.76 Å². The Kier molecular flexibility index (Phi) is 4.70. The van der Waals surface area contributed by atoms with Gasteiger partial charge in [0, 0.05) is 16.5 Å². The number of para-hydroxylation sites is 1. The fourth-order valence-electron chi connectivity index (χ4n) is 4.16. The molecule has 0 amide bonds. The third-order valence-electron chi connectivity index (χ3n) is 5.64. The number of nitrogens with zero attached hydrogens (tertiary/aromatic N) is 3. The first-order valence-electron chi connectivity index (χ1n) is 10.1. The van der Waals surface area contributed by atoms with Crippen molar-refractivity contribution in [2.45, 2.75) is 20.4 Å². The van der Waals surface area contributed by atoms with E-state index in [-0.39, 0.29) is 0 Å². The maximum atomic E-state index is 12.8. The SMILES string of the molecule is COc1ccccc1Cn1c(=O)oc2cnc3cc(-c4c(C)noc4C)c(OC)cc3c21. The largest absolute Gasteiger partial charge is 0.496 e. The average molecular weight is 431 g/mol. The Morgan fingerprint density at radius 2 is 1.84 bits per heavy atom. The molecule has 0 radical (unpaired) electrons. The van der Waals surface area contributed by atoms with E-state index in [4.69, 9.17) is 18.4 Å². The van der Waals surface area contributed by atoms with Crippen molar-refractivity contribution in [3.63, 3.8) is 0 Å². The molecule has 8 heteroatoms. The van der Waals surface area contributed by atoms with Crippen LogP contribution in [0.2, 0.25) is 0 Å². The monoisotopic (exact) mass is 431 g/mol. The van der Waals surface area contributed by atoms with Crippen LogP contribution < -0.4 is 15.2 Å². The maximum Gasteiger partial charge on any atom is 0.420 e. The van der Waals surface area contributed by atoms with Gasteiger partial charge in [-0.05, 0) is 32.0 Å². The number of benzene rings is 2. The molecule has 5 aromatic rings. The summed E-state index contributed by atoms with van der Waals surface area (Å²) in [6.07, 6.45) is 1.57. The predicted molar refractivity (Wildman–Crippen MR) is 119 cm³/mol. The van der Waals surface area contributed by atoms with Gasteiger partial charge in [0.15, 0.2) is 5.58 Å². The van der Waals surface area contributed by atoms with E-state index in [2.05, 4.69) is 10.1 Å². The molecule has 5 rings (SSSR count). The fourth-order valence-corrected chi connectivity index (χ4v) is 4.16. The van der Waals surface area contributed by atoms with Gasteiger partial charge in [0.05, 0.1) is 43.7 Å². The van der Waals surface area contributed by atoms with Gasteiger partial charge in [0.25, 0.3) is 0 Å². The molecule has 0 aliphatic heterocycles. The van der Waals surface area contributed by atoms with E-state index in [1.165, 1.54) is 0 Å². The fraction of sp³-hybridized carbons (Fsp3) is 0.208. The second-order valence-corrected chi connectivity index (χ2v) is 7.51. The van der Waals surface area contributed by atoms with Gasteiger partial charge in [-0.25, -0.2) is 4.79 Å². The number of rotatable bonds is 5. The zero-order chi connectivity index (χ0) is 22.4. The van der Waals surface area contributed by atoms with Gasteiger partial charge in [0.2, 0.25) is 0 Å². The first kappa shape index (κ1) is 19.9. The summed E-state index contributed by atoms with van der Waals surface area (Å²) in [5.41, 5.74) is 5.07. The molecular weight excluding hydrogens is 410 g/mol. The molecular formula is C24H21N3O5. The summed E-state index contributed by atoms with van der Waals surface area (Å²) < 4.78 is 23.6. The van der Waals surface area contributed by atoms with E-state index in [1.807, 2.05) is 50.2 Å². The van der Waals surface area contributed by atoms with Crippen molar-refractivity contribution in [1.29, 1.82) is 0 Å². The Bertz CT molecular complexity index is 1510. The highest BCUT2D eigenvalue weighted by Crippen LogP contribution is 2.39. The van der Waals surface area contributed by atoms with E-state index in [0.29, 0.717) is 40.4 Å². The molecule has 32 heavy (non-hydrogen) atoms. The summed E-state index contributed by atoms with van der Waals surface area (Å²) >= 11 is 0. The standard InChI is InChI=1S/C24H21N3O5/c1-13-22(14(2)32-26-13)17-9-18-16(10-20(17)30-4)23-21(11-25-18)31-24(28)27(23)12-15-7-5-6-8-19(15)29-3/h5-11H,12H2,1-4H3. The van der Waals surface area contributed by atoms with Crippen LogP contribution in [0.25, 0.3) is 33.1 Å². The van der Waals surface area contributed by atoms with Gasteiger partial charge >= 0.3 is 5.76 Å². The van der Waals surface area contributed by atoms with Crippen LogP contribution in [-0.4, -0.2) is 28.9 Å². The topological polar surface area (TPSA) is 92.5 Å². The molecule has 0 aliphatic carbocycles. The first-order chi connectivity index (χ1) is 15.5. The highest BCUT2D eigenvalue weighted by molar-refractivity contribution is 6.04. The molecule has 0 unspecified atom stereocenters. The van der Waals surface area contributed by atoms with E-state index >= 15 is 0 Å². The molecule has 8 nitrogen and oxygen atoms in total. The molecule has 0 aliphatic rings. The van der Waals surface area contributed by atoms with Crippen LogP contribution in [0.3, 0.4) is 0 Å². The van der Waals surface area contributed by atoms with Gasteiger partial charge in [-0.15, -0.1) is 0 Å². The number of methoxy groups -OCH3 is 2. The molecule has 3 aromatic heterocycles. The number of hydrogen-bond acceptors (Lipinski definition) is 7. The van der Waals surface area contributed by atoms with E-state index in [9.17, 15) is 4.79 Å². The molecule has 2 aromatic carbocycles. The summed E-state index contributed by atoms with van der Waals surface area (Å²) in [7, 11) is 3.21. The van der Waals surface area contributed by atoms with Crippen LogP contribution in [-0.2, 0) is 6.54 Å². The van der Waals surface area contributed by atoms with Crippen molar-refractivity contribution in [2.24, 2.45) is 0 Å². The Morgan fingerprint density at radius 3 is 2.56 bits per heavy atom. The smallest absolute Gasteiger partial charge is 0.420 e. The van der Waals surface area contributed by atoms with Gasteiger partial charge in [-0.1, -0.05) is 23.4 Å². The van der Waals surface area contributed by atoms with Crippen LogP contribution in [0.15, 0.2) is 56.3 Å². The number of fused-ring (bicyclic) bond motifs is 3. The van der Waals surface area contributed by atoms with Crippen molar-refractivity contribution >= 4 is 22.0 Å². The van der Waals surface area contributed by atoms with Gasteiger partial charge in [0.1, 0.15) is 22.8 Å². The highest BCUT2D eigenvalue weighted by Gasteiger charge is 2.21. The van der Waals surface area contributed by atoms with Gasteiger partial charge in [-0.3, -0.25) is 9.55 Å². The minimum atomic E-state index is -0.464. The second kappa shape index (κ2) is 7.56. The minimum Gasteiger partial charge on any atom is -0.496 e. The molecule has 3 heterocycles. The Balaban J connectivity index is 1.77. The molecule has 0 atom stereocenters. The highest BCUT2D eigenvalue weighted by atomic mass is 16.5. The number of hydrogen-bond donors (Lipinski definition) is 0. The molecule has 0 spiro atoms. The molecule has 162 valence electrons. The lowest BCUT2D eigenvalue weighted by Gasteiger charge is -2.12. The Labute approximate surface area is 183 Å². The number of pyridine rings is 1. The van der Waals surface area contributed by atoms with E-state index in [0.717, 1.165) is 27.8 Å². The van der Waals surface area contributed by atoms with Crippen molar-refractivity contribution in [3.8, 4) is 22.6 Å². The Hall–Kier alpha value is -4.07. The zero-order valence-corrected chi connectivity index (χ0v) is 18.1. The summed E-state index contributed by atoms with van der Waals surface area (Å²) in [6.45, 7) is 4.03. The van der Waals surface area contributed by atoms with Crippen LogP contribution >= 0.6 is 0 Å². The first-order valence-corrected chi connectivity index (χ1v) is 10.1. The summed E-state index contributed by atoms with van der Waals surface area (Å²) in [4.78, 5) is 17.3. The van der Waals surface area contributed by atoms with Crippen LogP contribution in [0.5, 0.6) is 11.5 Å².